The van der Waals surface area contributed by atoms with Crippen molar-refractivity contribution in [2.45, 2.75) is 25.9 Å². The second kappa shape index (κ2) is 5.36. The van der Waals surface area contributed by atoms with Crippen molar-refractivity contribution in [2.75, 3.05) is 11.4 Å². The lowest BCUT2D eigenvalue weighted by molar-refractivity contribution is -0.132. The van der Waals surface area contributed by atoms with Crippen LogP contribution in [0.4, 0.5) is 10.1 Å². The first-order valence-corrected chi connectivity index (χ1v) is 6.16. The molecule has 0 saturated carbocycles. The van der Waals surface area contributed by atoms with Crippen molar-refractivity contribution in [2.24, 2.45) is 5.73 Å². The largest absolute Gasteiger partial charge is 0.348 e. The van der Waals surface area contributed by atoms with Crippen molar-refractivity contribution < 1.29 is 14.0 Å². The minimum absolute atomic E-state index is 0.0435. The van der Waals surface area contributed by atoms with E-state index in [9.17, 15) is 14.0 Å². The van der Waals surface area contributed by atoms with Crippen LogP contribution in [0.3, 0.4) is 0 Å². The van der Waals surface area contributed by atoms with Gasteiger partial charge in [-0.3, -0.25) is 14.9 Å². The van der Waals surface area contributed by atoms with E-state index in [-0.39, 0.29) is 18.8 Å². The average Bonchev–Trinajstić information content (AvgIpc) is 2.37. The molecule has 0 radical (unpaired) electrons. The van der Waals surface area contributed by atoms with Gasteiger partial charge in [-0.15, -0.1) is 0 Å². The molecular weight excluding hydrogens is 249 g/mol. The highest BCUT2D eigenvalue weighted by Crippen LogP contribution is 2.28. The zero-order valence-corrected chi connectivity index (χ0v) is 10.6. The smallest absolute Gasteiger partial charge is 0.249 e. The van der Waals surface area contributed by atoms with Gasteiger partial charge in [0.25, 0.3) is 0 Å². The quantitative estimate of drug-likeness (QED) is 0.782. The molecule has 1 aromatic rings. The zero-order valence-electron chi connectivity index (χ0n) is 10.6. The molecule has 1 heterocycles. The third-order valence-electron chi connectivity index (χ3n) is 3.22. The van der Waals surface area contributed by atoms with Crippen LogP contribution in [0.15, 0.2) is 18.2 Å². The molecular formula is C13H16FN3O2. The molecule has 6 heteroatoms. The second-order valence-electron chi connectivity index (χ2n) is 4.42. The molecule has 5 nitrogen and oxygen atoms in total. The van der Waals surface area contributed by atoms with Gasteiger partial charge in [-0.2, -0.15) is 0 Å². The van der Waals surface area contributed by atoms with E-state index >= 15 is 0 Å². The second-order valence-corrected chi connectivity index (χ2v) is 4.42. The molecule has 1 fully saturated rings. The number of para-hydroxylation sites is 1. The average molecular weight is 265 g/mol. The Labute approximate surface area is 110 Å². The minimum atomic E-state index is -0.556. The van der Waals surface area contributed by atoms with Crippen LogP contribution < -0.4 is 16.0 Å². The Hall–Kier alpha value is -1.95. The fourth-order valence-corrected chi connectivity index (χ4v) is 2.35. The van der Waals surface area contributed by atoms with Gasteiger partial charge in [-0.1, -0.05) is 19.1 Å². The third-order valence-corrected chi connectivity index (χ3v) is 3.22. The fourth-order valence-electron chi connectivity index (χ4n) is 2.35. The summed E-state index contributed by atoms with van der Waals surface area (Å²) in [4.78, 5) is 24.8. The van der Waals surface area contributed by atoms with Gasteiger partial charge in [0.05, 0.1) is 12.2 Å². The van der Waals surface area contributed by atoms with Crippen LogP contribution in [0.1, 0.15) is 18.9 Å². The summed E-state index contributed by atoms with van der Waals surface area (Å²) < 4.78 is 14.0. The molecule has 102 valence electrons. The zero-order chi connectivity index (χ0) is 14.0. The molecule has 2 amide bonds. The van der Waals surface area contributed by atoms with Crippen molar-refractivity contribution in [3.63, 3.8) is 0 Å². The van der Waals surface area contributed by atoms with Gasteiger partial charge >= 0.3 is 0 Å². The van der Waals surface area contributed by atoms with Gasteiger partial charge in [0.2, 0.25) is 11.8 Å². The maximum Gasteiger partial charge on any atom is 0.249 e. The normalized spacial score (nSPS) is 19.5. The number of rotatable bonds is 3. The van der Waals surface area contributed by atoms with Crippen LogP contribution in [0.5, 0.6) is 0 Å². The van der Waals surface area contributed by atoms with Crippen molar-refractivity contribution in [1.82, 2.24) is 5.32 Å². The predicted molar refractivity (Wildman–Crippen MR) is 68.9 cm³/mol. The van der Waals surface area contributed by atoms with E-state index in [1.807, 2.05) is 6.92 Å². The summed E-state index contributed by atoms with van der Waals surface area (Å²) in [6.45, 7) is 1.92. The van der Waals surface area contributed by atoms with E-state index in [1.165, 1.54) is 11.0 Å². The van der Waals surface area contributed by atoms with Crippen LogP contribution >= 0.6 is 0 Å². The fraction of sp³-hybridized carbons (Fsp3) is 0.385. The van der Waals surface area contributed by atoms with Gasteiger partial charge in [-0.05, 0) is 18.1 Å². The Morgan fingerprint density at radius 2 is 2.21 bits per heavy atom. The van der Waals surface area contributed by atoms with Gasteiger partial charge in [0.15, 0.2) is 0 Å². The number of benzene rings is 1. The Morgan fingerprint density at radius 3 is 2.84 bits per heavy atom. The highest BCUT2D eigenvalue weighted by atomic mass is 19.1. The molecule has 1 atom stereocenters. The lowest BCUT2D eigenvalue weighted by Crippen LogP contribution is -2.58. The number of halogens is 1. The number of anilines is 1. The highest BCUT2D eigenvalue weighted by Gasteiger charge is 2.34. The molecule has 0 bridgehead atoms. The number of imide groups is 1. The minimum Gasteiger partial charge on any atom is -0.348 e. The summed E-state index contributed by atoms with van der Waals surface area (Å²) in [7, 11) is 0. The first-order chi connectivity index (χ1) is 9.08. The maximum absolute atomic E-state index is 14.0. The first kappa shape index (κ1) is 13.5. The molecule has 1 unspecified atom stereocenters. The van der Waals surface area contributed by atoms with Crippen molar-refractivity contribution in [3.8, 4) is 0 Å². The number of hydrogen-bond donors (Lipinski definition) is 2. The van der Waals surface area contributed by atoms with Gasteiger partial charge in [0.1, 0.15) is 11.9 Å². The van der Waals surface area contributed by atoms with Crippen LogP contribution in [0.2, 0.25) is 0 Å². The molecule has 3 N–H and O–H groups in total. The maximum atomic E-state index is 14.0. The Balaban J connectivity index is 2.48. The molecule has 0 spiro atoms. The molecule has 1 aliphatic heterocycles. The van der Waals surface area contributed by atoms with Crippen molar-refractivity contribution in [3.05, 3.63) is 29.6 Å². The molecule has 1 saturated heterocycles. The Bertz CT molecular complexity index is 519. The van der Waals surface area contributed by atoms with Crippen LogP contribution in [-0.4, -0.2) is 24.4 Å². The molecule has 1 aliphatic rings. The number of hydrogen-bond acceptors (Lipinski definition) is 4. The summed E-state index contributed by atoms with van der Waals surface area (Å²) in [6.07, 6.45) is 0.484. The first-order valence-electron chi connectivity index (χ1n) is 6.16. The number of nitrogens with zero attached hydrogens (tertiary/aromatic N) is 1. The van der Waals surface area contributed by atoms with Crippen molar-refractivity contribution >= 4 is 17.5 Å². The summed E-state index contributed by atoms with van der Waals surface area (Å²) in [5.74, 6) is -1.30. The van der Waals surface area contributed by atoms with E-state index in [0.29, 0.717) is 12.0 Å². The number of nitrogens with two attached hydrogens (primary N) is 1. The predicted octanol–water partition coefficient (Wildman–Crippen LogP) is 0.526. The van der Waals surface area contributed by atoms with Crippen LogP contribution in [0.25, 0.3) is 0 Å². The lowest BCUT2D eigenvalue weighted by Gasteiger charge is -2.36. The van der Waals surface area contributed by atoms with E-state index in [1.54, 1.807) is 12.1 Å². The monoisotopic (exact) mass is 265 g/mol. The van der Waals surface area contributed by atoms with Gasteiger partial charge < -0.3 is 10.6 Å². The Kier molecular flexibility index (Phi) is 3.80. The summed E-state index contributed by atoms with van der Waals surface area (Å²) >= 11 is 0. The van der Waals surface area contributed by atoms with Gasteiger partial charge in [-0.25, -0.2) is 4.39 Å². The number of nitrogens with one attached hydrogen (secondary N) is 1. The standard InChI is InChI=1S/C13H16FN3O2/c1-2-10-13(19)16-11(18)7-17(10)12-8(6-15)4-3-5-9(12)14/h3-5,10H,2,6-7,15H2,1H3,(H,16,18,19). The number of piperazine rings is 1. The molecule has 0 aromatic heterocycles. The topological polar surface area (TPSA) is 75.4 Å². The van der Waals surface area contributed by atoms with E-state index in [4.69, 9.17) is 5.73 Å². The van der Waals surface area contributed by atoms with E-state index in [0.717, 1.165) is 0 Å². The highest BCUT2D eigenvalue weighted by molar-refractivity contribution is 6.04. The molecule has 1 aromatic carbocycles. The van der Waals surface area contributed by atoms with Crippen LogP contribution in [0, 0.1) is 5.82 Å². The van der Waals surface area contributed by atoms with Gasteiger partial charge in [0, 0.05) is 6.54 Å². The summed E-state index contributed by atoms with van der Waals surface area (Å²) in [6, 6.07) is 4.01. The molecule has 2 rings (SSSR count). The number of carbonyl (C=O) groups excluding carboxylic acids is 2. The summed E-state index contributed by atoms with van der Waals surface area (Å²) in [5, 5.41) is 2.26. The summed E-state index contributed by atoms with van der Waals surface area (Å²) in [5.41, 5.74) is 6.44. The van der Waals surface area contributed by atoms with Crippen LogP contribution in [-0.2, 0) is 16.1 Å². The van der Waals surface area contributed by atoms with Crippen molar-refractivity contribution in [1.29, 1.82) is 0 Å². The number of carbonyl (C=O) groups is 2. The molecule has 0 aliphatic carbocycles. The lowest BCUT2D eigenvalue weighted by atomic mass is 10.0. The molecule has 19 heavy (non-hydrogen) atoms. The Morgan fingerprint density at radius 1 is 1.47 bits per heavy atom. The number of amides is 2. The SMILES string of the molecule is CCC1C(=O)NC(=O)CN1c1c(F)cccc1CN. The van der Waals surface area contributed by atoms with E-state index in [2.05, 4.69) is 5.32 Å². The third kappa shape index (κ3) is 2.44. The van der Waals surface area contributed by atoms with E-state index < -0.39 is 23.7 Å².